The van der Waals surface area contributed by atoms with Crippen LogP contribution in [0.3, 0.4) is 0 Å². The fraction of sp³-hybridized carbons (Fsp3) is 0.227. The van der Waals surface area contributed by atoms with Gasteiger partial charge in [0.1, 0.15) is 5.75 Å². The Bertz CT molecular complexity index is 1180. The van der Waals surface area contributed by atoms with Crippen molar-refractivity contribution in [1.29, 1.82) is 0 Å². The van der Waals surface area contributed by atoms with Crippen LogP contribution < -0.4 is 10.1 Å². The van der Waals surface area contributed by atoms with Gasteiger partial charge in [-0.05, 0) is 37.6 Å². The maximum atomic E-state index is 12.5. The highest BCUT2D eigenvalue weighted by Gasteiger charge is 2.20. The van der Waals surface area contributed by atoms with Crippen molar-refractivity contribution in [2.45, 2.75) is 31.7 Å². The molecule has 1 aromatic heterocycles. The summed E-state index contributed by atoms with van der Waals surface area (Å²) < 4.78 is 7.77. The maximum absolute atomic E-state index is 12.5. The van der Waals surface area contributed by atoms with Crippen LogP contribution in [0.25, 0.3) is 0 Å². The summed E-state index contributed by atoms with van der Waals surface area (Å²) in [5.41, 5.74) is 1.09. The number of hydrogen-bond donors (Lipinski definition) is 1. The number of thioether (sulfide) groups is 1. The standard InChI is InChI=1S/C22H22ClN5O4S/c1-4-11-27-21(15(3)32-19-8-6-5-7-17(19)23)25-26-22(27)33-13-20(29)24-18-10-9-16(28(30)31)12-14(18)2/h4-10,12,15H,1,11,13H2,2-3H3,(H,24,29). The molecule has 33 heavy (non-hydrogen) atoms. The predicted molar refractivity (Wildman–Crippen MR) is 128 cm³/mol. The summed E-state index contributed by atoms with van der Waals surface area (Å²) in [6, 6.07) is 11.4. The molecule has 3 aromatic rings. The van der Waals surface area contributed by atoms with E-state index in [4.69, 9.17) is 16.3 Å². The van der Waals surface area contributed by atoms with Gasteiger partial charge in [-0.15, -0.1) is 16.8 Å². The molecule has 11 heteroatoms. The lowest BCUT2D eigenvalue weighted by atomic mass is 10.2. The molecule has 1 heterocycles. The molecule has 0 aliphatic carbocycles. The van der Waals surface area contributed by atoms with Crippen molar-refractivity contribution in [1.82, 2.24) is 14.8 Å². The number of anilines is 1. The van der Waals surface area contributed by atoms with Gasteiger partial charge >= 0.3 is 0 Å². The quantitative estimate of drug-likeness (QED) is 0.181. The van der Waals surface area contributed by atoms with Gasteiger partial charge in [0.2, 0.25) is 5.91 Å². The number of benzene rings is 2. The van der Waals surface area contributed by atoms with E-state index in [1.54, 1.807) is 25.1 Å². The number of amides is 1. The van der Waals surface area contributed by atoms with Gasteiger partial charge in [0.25, 0.3) is 5.69 Å². The summed E-state index contributed by atoms with van der Waals surface area (Å²) in [4.78, 5) is 22.9. The summed E-state index contributed by atoms with van der Waals surface area (Å²) in [6.45, 7) is 7.75. The number of rotatable bonds is 10. The predicted octanol–water partition coefficient (Wildman–Crippen LogP) is 5.20. The molecular weight excluding hydrogens is 466 g/mol. The molecule has 1 atom stereocenters. The Morgan fingerprint density at radius 1 is 1.36 bits per heavy atom. The minimum absolute atomic E-state index is 0.0296. The van der Waals surface area contributed by atoms with Gasteiger partial charge in [0.15, 0.2) is 17.1 Å². The maximum Gasteiger partial charge on any atom is 0.269 e. The highest BCUT2D eigenvalue weighted by Crippen LogP contribution is 2.29. The van der Waals surface area contributed by atoms with Crippen molar-refractivity contribution in [2.75, 3.05) is 11.1 Å². The average molecular weight is 488 g/mol. The SMILES string of the molecule is C=CCn1c(SCC(=O)Nc2ccc([N+](=O)[O-])cc2C)nnc1C(C)Oc1ccccc1Cl. The summed E-state index contributed by atoms with van der Waals surface area (Å²) >= 11 is 7.40. The zero-order valence-electron chi connectivity index (χ0n) is 18.0. The molecule has 0 bridgehead atoms. The van der Waals surface area contributed by atoms with Gasteiger partial charge in [-0.25, -0.2) is 0 Å². The third kappa shape index (κ3) is 6.11. The van der Waals surface area contributed by atoms with Crippen molar-refractivity contribution in [2.24, 2.45) is 0 Å². The largest absolute Gasteiger partial charge is 0.481 e. The number of nitrogens with one attached hydrogen (secondary N) is 1. The summed E-state index contributed by atoms with van der Waals surface area (Å²) in [5.74, 6) is 0.911. The molecule has 0 aliphatic heterocycles. The van der Waals surface area contributed by atoms with Crippen LogP contribution in [0.5, 0.6) is 5.75 Å². The number of halogens is 1. The van der Waals surface area contributed by atoms with Gasteiger partial charge in [0, 0.05) is 24.4 Å². The molecular formula is C22H22ClN5O4S. The second-order valence-electron chi connectivity index (χ2n) is 7.02. The monoisotopic (exact) mass is 487 g/mol. The molecule has 1 N–H and O–H groups in total. The molecule has 0 aliphatic rings. The number of nitro benzene ring substituents is 1. The summed E-state index contributed by atoms with van der Waals surface area (Å²) in [7, 11) is 0. The highest BCUT2D eigenvalue weighted by atomic mass is 35.5. The van der Waals surface area contributed by atoms with Crippen LogP contribution >= 0.6 is 23.4 Å². The highest BCUT2D eigenvalue weighted by molar-refractivity contribution is 7.99. The fourth-order valence-electron chi connectivity index (χ4n) is 3.01. The number of aryl methyl sites for hydroxylation is 1. The zero-order chi connectivity index (χ0) is 24.0. The van der Waals surface area contributed by atoms with Crippen LogP contribution in [0.2, 0.25) is 5.02 Å². The summed E-state index contributed by atoms with van der Waals surface area (Å²) in [6.07, 6.45) is 1.27. The van der Waals surface area contributed by atoms with Crippen molar-refractivity contribution in [3.05, 3.63) is 81.6 Å². The number of para-hydroxylation sites is 1. The van der Waals surface area contributed by atoms with Crippen LogP contribution in [0.4, 0.5) is 11.4 Å². The lowest BCUT2D eigenvalue weighted by molar-refractivity contribution is -0.384. The average Bonchev–Trinajstić information content (AvgIpc) is 3.18. The second-order valence-corrected chi connectivity index (χ2v) is 8.37. The Balaban J connectivity index is 1.68. The Morgan fingerprint density at radius 3 is 2.79 bits per heavy atom. The van der Waals surface area contributed by atoms with E-state index in [2.05, 4.69) is 22.1 Å². The molecule has 3 rings (SSSR count). The molecule has 0 saturated heterocycles. The van der Waals surface area contributed by atoms with Crippen LogP contribution in [0.15, 0.2) is 60.3 Å². The Kier molecular flexibility index (Phi) is 8.07. The van der Waals surface area contributed by atoms with Crippen molar-refractivity contribution in [3.63, 3.8) is 0 Å². The normalized spacial score (nSPS) is 11.6. The van der Waals surface area contributed by atoms with E-state index in [0.717, 1.165) is 0 Å². The van der Waals surface area contributed by atoms with Crippen molar-refractivity contribution < 1.29 is 14.5 Å². The first-order chi connectivity index (χ1) is 15.8. The van der Waals surface area contributed by atoms with Crippen LogP contribution in [0, 0.1) is 17.0 Å². The van der Waals surface area contributed by atoms with E-state index in [0.29, 0.717) is 39.5 Å². The van der Waals surface area contributed by atoms with Gasteiger partial charge < -0.3 is 10.1 Å². The number of nitrogens with zero attached hydrogens (tertiary/aromatic N) is 4. The van der Waals surface area contributed by atoms with E-state index in [-0.39, 0.29) is 17.3 Å². The molecule has 0 spiro atoms. The van der Waals surface area contributed by atoms with Gasteiger partial charge in [0.05, 0.1) is 15.7 Å². The Hall–Kier alpha value is -3.37. The number of allylic oxidation sites excluding steroid dienone is 1. The number of carbonyl (C=O) groups is 1. The number of ether oxygens (including phenoxy) is 1. The number of aromatic nitrogens is 3. The topological polar surface area (TPSA) is 112 Å². The lowest BCUT2D eigenvalue weighted by Crippen LogP contribution is -2.16. The van der Waals surface area contributed by atoms with Crippen LogP contribution in [0.1, 0.15) is 24.4 Å². The fourth-order valence-corrected chi connectivity index (χ4v) is 3.94. The van der Waals surface area contributed by atoms with Crippen molar-refractivity contribution in [3.8, 4) is 5.75 Å². The van der Waals surface area contributed by atoms with E-state index in [1.165, 1.54) is 30.0 Å². The first-order valence-electron chi connectivity index (χ1n) is 9.93. The van der Waals surface area contributed by atoms with Gasteiger partial charge in [-0.2, -0.15) is 0 Å². The smallest absolute Gasteiger partial charge is 0.269 e. The first-order valence-corrected chi connectivity index (χ1v) is 11.3. The Labute approximate surface area is 200 Å². The summed E-state index contributed by atoms with van der Waals surface area (Å²) in [5, 5.41) is 23.1. The second kappa shape index (κ2) is 11.0. The van der Waals surface area contributed by atoms with E-state index in [9.17, 15) is 14.9 Å². The molecule has 1 unspecified atom stereocenters. The number of carbonyl (C=O) groups excluding carboxylic acids is 1. The van der Waals surface area contributed by atoms with Gasteiger partial charge in [-0.3, -0.25) is 19.5 Å². The number of hydrogen-bond acceptors (Lipinski definition) is 7. The zero-order valence-corrected chi connectivity index (χ0v) is 19.6. The molecule has 0 fully saturated rings. The van der Waals surface area contributed by atoms with E-state index < -0.39 is 11.0 Å². The number of non-ortho nitro benzene ring substituents is 1. The lowest BCUT2D eigenvalue weighted by Gasteiger charge is -2.16. The minimum atomic E-state index is -0.477. The van der Waals surface area contributed by atoms with E-state index in [1.807, 2.05) is 23.6 Å². The first kappa shape index (κ1) is 24.3. The molecule has 1 amide bonds. The molecule has 9 nitrogen and oxygen atoms in total. The Morgan fingerprint density at radius 2 is 2.12 bits per heavy atom. The third-order valence-corrected chi connectivity index (χ3v) is 5.87. The molecule has 172 valence electrons. The van der Waals surface area contributed by atoms with Crippen LogP contribution in [-0.4, -0.2) is 31.3 Å². The molecule has 0 saturated carbocycles. The van der Waals surface area contributed by atoms with Crippen molar-refractivity contribution >= 4 is 40.6 Å². The number of nitro groups is 1. The third-order valence-electron chi connectivity index (χ3n) is 4.59. The van der Waals surface area contributed by atoms with Crippen LogP contribution in [-0.2, 0) is 11.3 Å². The minimum Gasteiger partial charge on any atom is -0.481 e. The molecule has 2 aromatic carbocycles. The van der Waals surface area contributed by atoms with Gasteiger partial charge in [-0.1, -0.05) is 41.6 Å². The molecule has 0 radical (unpaired) electrons. The van der Waals surface area contributed by atoms with E-state index >= 15 is 0 Å².